The van der Waals surface area contributed by atoms with Gasteiger partial charge in [-0.3, -0.25) is 0 Å². The molecule has 63 heavy (non-hydrogen) atoms. The average molecular weight is 987 g/mol. The van der Waals surface area contributed by atoms with Crippen LogP contribution in [0.15, 0.2) is 212 Å². The molecule has 9 aromatic carbocycles. The molecule has 300 valence electrons. The van der Waals surface area contributed by atoms with Crippen LogP contribution < -0.4 is 19.6 Å². The van der Waals surface area contributed by atoms with Gasteiger partial charge in [0.2, 0.25) is 0 Å². The molecule has 0 spiro atoms. The first-order valence-corrected chi connectivity index (χ1v) is 20.7. The Morgan fingerprint density at radius 2 is 0.635 bits per heavy atom. The zero-order chi connectivity index (χ0) is 41.6. The molecule has 0 fully saturated rings. The van der Waals surface area contributed by atoms with Crippen LogP contribution >= 0.6 is 0 Å². The maximum atomic E-state index is 6.25. The second-order valence-corrected chi connectivity index (χ2v) is 15.3. The normalized spacial score (nSPS) is 12.8. The van der Waals surface area contributed by atoms with Crippen molar-refractivity contribution in [2.75, 3.05) is 19.6 Å². The molecule has 3 aliphatic rings. The summed E-state index contributed by atoms with van der Waals surface area (Å²) in [5.41, 5.74) is 20.6. The van der Waals surface area contributed by atoms with Gasteiger partial charge in [-0.2, -0.15) is 6.07 Å². The first kappa shape index (κ1) is 39.5. The minimum Gasteiger partial charge on any atom is -0.512 e. The van der Waals surface area contributed by atoms with Gasteiger partial charge in [-0.25, -0.2) is 0 Å². The van der Waals surface area contributed by atoms with E-state index < -0.39 is 0 Å². The topological polar surface area (TPSA) is 36.8 Å². The molecule has 0 N–H and O–H groups in total. The Kier molecular flexibility index (Phi) is 10.4. The van der Waals surface area contributed by atoms with Crippen molar-refractivity contribution in [1.29, 1.82) is 5.26 Å². The van der Waals surface area contributed by atoms with E-state index in [1.54, 1.807) is 0 Å². The Labute approximate surface area is 383 Å². The van der Waals surface area contributed by atoms with Gasteiger partial charge in [0.05, 0.1) is 0 Å². The number of hydrogen-bond acceptors (Lipinski definition) is 5. The summed E-state index contributed by atoms with van der Waals surface area (Å²) >= 11 is 0. The SMILES string of the molecule is [C-]#N.[Pt+4].[c-]1c(N2[CH-]N(c3c(-c4ccccc4)cccc3-c3ccccc3)c3ccccc32)cccc1N1[CH-]N2c3c(-c4ccccc4)cccc3-c3ccccc3-c3cccc1c32. The molecule has 0 saturated carbocycles. The molecule has 5 nitrogen and oxygen atoms in total. The van der Waals surface area contributed by atoms with Crippen molar-refractivity contribution in [1.82, 2.24) is 0 Å². The van der Waals surface area contributed by atoms with Gasteiger partial charge in [-0.15, -0.1) is 42.9 Å². The first-order chi connectivity index (χ1) is 30.8. The summed E-state index contributed by atoms with van der Waals surface area (Å²) in [6.07, 6.45) is 0. The van der Waals surface area contributed by atoms with Gasteiger partial charge >= 0.3 is 21.1 Å². The van der Waals surface area contributed by atoms with Crippen molar-refractivity contribution in [2.45, 2.75) is 0 Å². The number of rotatable bonds is 6. The van der Waals surface area contributed by atoms with Crippen LogP contribution in [-0.4, -0.2) is 0 Å². The third-order valence-electron chi connectivity index (χ3n) is 12.0. The van der Waals surface area contributed by atoms with E-state index in [9.17, 15) is 0 Å². The Bertz CT molecular complexity index is 3070. The zero-order valence-corrected chi connectivity index (χ0v) is 36.2. The third kappa shape index (κ3) is 6.59. The van der Waals surface area contributed by atoms with Gasteiger partial charge < -0.3 is 31.4 Å². The third-order valence-corrected chi connectivity index (χ3v) is 12.0. The summed E-state index contributed by atoms with van der Waals surface area (Å²) in [6.45, 7) is 9.25. The maximum Gasteiger partial charge on any atom is 4.00 e. The van der Waals surface area contributed by atoms with Crippen LogP contribution in [0.25, 0.3) is 55.6 Å². The fourth-order valence-electron chi connectivity index (χ4n) is 9.33. The summed E-state index contributed by atoms with van der Waals surface area (Å²) in [4.78, 5) is 9.35. The van der Waals surface area contributed by atoms with Crippen LogP contribution in [-0.2, 0) is 21.1 Å². The second-order valence-electron chi connectivity index (χ2n) is 15.3. The predicted octanol–water partition coefficient (Wildman–Crippen LogP) is 15.0. The molecule has 0 aliphatic carbocycles. The van der Waals surface area contributed by atoms with Crippen LogP contribution in [0.3, 0.4) is 0 Å². The molecule has 3 heterocycles. The van der Waals surface area contributed by atoms with Crippen LogP contribution in [0.4, 0.5) is 45.5 Å². The summed E-state index contributed by atoms with van der Waals surface area (Å²) in [5, 5.41) is 6.25. The summed E-state index contributed by atoms with van der Waals surface area (Å²) < 4.78 is 0. The number of para-hydroxylation sites is 5. The predicted molar refractivity (Wildman–Crippen MR) is 254 cm³/mol. The molecule has 0 radical (unpaired) electrons. The number of anilines is 8. The maximum absolute atomic E-state index is 6.25. The number of fused-ring (bicyclic) bond motifs is 6. The van der Waals surface area contributed by atoms with Gasteiger partial charge in [0.1, 0.15) is 0 Å². The minimum absolute atomic E-state index is 0. The fourth-order valence-corrected chi connectivity index (χ4v) is 9.33. The number of benzene rings is 9. The molecule has 0 atom stereocenters. The molecule has 0 unspecified atom stereocenters. The molecule has 9 aromatic rings. The Morgan fingerprint density at radius 3 is 1.16 bits per heavy atom. The fraction of sp³-hybridized carbons (Fsp3) is 0. The van der Waals surface area contributed by atoms with Gasteiger partial charge in [-0.05, 0) is 46.0 Å². The Hall–Kier alpha value is -7.64. The molecule has 0 amide bonds. The van der Waals surface area contributed by atoms with E-state index in [0.717, 1.165) is 34.1 Å². The first-order valence-electron chi connectivity index (χ1n) is 20.7. The monoisotopic (exact) mass is 986 g/mol. The number of nitrogens with zero attached hydrogens (tertiary/aromatic N) is 5. The van der Waals surface area contributed by atoms with Crippen LogP contribution in [0.1, 0.15) is 0 Å². The molecule has 12 rings (SSSR count). The quantitative estimate of drug-likeness (QED) is 0.155. The largest absolute Gasteiger partial charge is 4.00 e. The molecular weight excluding hydrogens is 950 g/mol. The van der Waals surface area contributed by atoms with E-state index in [-0.39, 0.29) is 21.1 Å². The zero-order valence-electron chi connectivity index (χ0n) is 33.9. The van der Waals surface area contributed by atoms with Crippen LogP contribution in [0, 0.1) is 31.2 Å². The molecule has 0 aromatic heterocycles. The summed E-state index contributed by atoms with van der Waals surface area (Å²) in [7, 11) is 0. The van der Waals surface area contributed by atoms with E-state index in [1.807, 2.05) is 0 Å². The standard InChI is InChI=1S/C56H37N4.CN.Pt/c1-4-18-39(19-5-1)44-28-15-29-45(40-20-6-2-7-21-40)54(44)59-37-57(51-33-12-13-34-52(51)59)42-24-14-25-43(36-42)58-38-60-55-46(41-22-8-3-9-23-41)30-16-31-49(55)47-26-10-11-27-48(47)50-32-17-35-53(58)56(50)60;1-2;/h1-35,37-38H;;/q-3;-1;+4. The van der Waals surface area contributed by atoms with Crippen molar-refractivity contribution in [3.05, 3.63) is 238 Å². The Morgan fingerprint density at radius 1 is 0.302 bits per heavy atom. The van der Waals surface area contributed by atoms with E-state index in [0.29, 0.717) is 0 Å². The smallest absolute Gasteiger partial charge is 0.512 e. The van der Waals surface area contributed by atoms with Gasteiger partial charge in [0.25, 0.3) is 0 Å². The molecule has 0 saturated heterocycles. The molecule has 0 bridgehead atoms. The second kappa shape index (κ2) is 16.7. The van der Waals surface area contributed by atoms with E-state index in [4.69, 9.17) is 11.8 Å². The summed E-state index contributed by atoms with van der Waals surface area (Å²) in [6, 6.07) is 80.0. The summed E-state index contributed by atoms with van der Waals surface area (Å²) in [5.74, 6) is 0. The average Bonchev–Trinajstić information content (AvgIpc) is 3.91. The van der Waals surface area contributed by atoms with E-state index in [2.05, 4.69) is 251 Å². The molecule has 3 aliphatic heterocycles. The van der Waals surface area contributed by atoms with E-state index in [1.165, 1.54) is 67.0 Å². The van der Waals surface area contributed by atoms with Crippen molar-refractivity contribution in [3.63, 3.8) is 0 Å². The van der Waals surface area contributed by atoms with Crippen LogP contribution in [0.5, 0.6) is 0 Å². The van der Waals surface area contributed by atoms with E-state index >= 15 is 0 Å². The molecule has 6 heteroatoms. The van der Waals surface area contributed by atoms with Gasteiger partial charge in [0, 0.05) is 61.9 Å². The van der Waals surface area contributed by atoms with Gasteiger partial charge in [-0.1, -0.05) is 176 Å². The Balaban J connectivity index is 0.00000155. The van der Waals surface area contributed by atoms with Crippen molar-refractivity contribution >= 4 is 45.5 Å². The van der Waals surface area contributed by atoms with Crippen molar-refractivity contribution in [3.8, 4) is 55.6 Å². The minimum atomic E-state index is 0. The number of hydrogen-bond donors (Lipinski definition) is 0. The van der Waals surface area contributed by atoms with Crippen molar-refractivity contribution < 1.29 is 21.1 Å². The molecular formula is C57H37N5Pt. The van der Waals surface area contributed by atoms with Crippen LogP contribution in [0.2, 0.25) is 0 Å². The van der Waals surface area contributed by atoms with Gasteiger partial charge in [0.15, 0.2) is 0 Å². The van der Waals surface area contributed by atoms with Crippen molar-refractivity contribution in [2.24, 2.45) is 0 Å².